The number of benzene rings is 3. The monoisotopic (exact) mass is 459 g/mol. The molecule has 1 atom stereocenters. The van der Waals surface area contributed by atoms with Gasteiger partial charge in [-0.15, -0.1) is 0 Å². The summed E-state index contributed by atoms with van der Waals surface area (Å²) in [5.74, 6) is 1.93. The number of anilines is 1. The minimum Gasteiger partial charge on any atom is -0.491 e. The molecule has 1 aromatic heterocycles. The maximum atomic E-state index is 12.9. The lowest BCUT2D eigenvalue weighted by Crippen LogP contribution is -2.24. The Balaban J connectivity index is 1.41. The average molecular weight is 460 g/mol. The highest BCUT2D eigenvalue weighted by Gasteiger charge is 2.34. The number of ether oxygens (including phenoxy) is 1. The second kappa shape index (κ2) is 8.91. The molecule has 1 amide bonds. The van der Waals surface area contributed by atoms with Crippen LogP contribution >= 0.6 is 11.6 Å². The van der Waals surface area contributed by atoms with Crippen LogP contribution in [-0.2, 0) is 11.3 Å². The number of halogens is 1. The van der Waals surface area contributed by atoms with Crippen LogP contribution in [0.3, 0.4) is 0 Å². The molecule has 0 N–H and O–H groups in total. The molecule has 3 aromatic carbocycles. The van der Waals surface area contributed by atoms with Crippen LogP contribution < -0.4 is 9.64 Å². The Bertz CT molecular complexity index is 1330. The number of rotatable bonds is 6. The number of para-hydroxylation sites is 2. The van der Waals surface area contributed by atoms with E-state index in [1.165, 1.54) is 5.56 Å². The zero-order valence-corrected chi connectivity index (χ0v) is 19.5. The molecule has 4 aromatic rings. The molecule has 168 valence electrons. The van der Waals surface area contributed by atoms with E-state index in [0.29, 0.717) is 31.1 Å². The predicted octanol–water partition coefficient (Wildman–Crippen LogP) is 5.91. The van der Waals surface area contributed by atoms with E-state index in [2.05, 4.69) is 42.7 Å². The van der Waals surface area contributed by atoms with Crippen molar-refractivity contribution in [3.8, 4) is 5.75 Å². The van der Waals surface area contributed by atoms with Crippen LogP contribution in [0.4, 0.5) is 5.69 Å². The molecule has 33 heavy (non-hydrogen) atoms. The SMILES string of the molecule is Cc1ccc(C)c(OCCn2c(C3CC(=O)N(c4cccc(Cl)c4)C3)nc3ccccc32)c1. The van der Waals surface area contributed by atoms with Gasteiger partial charge in [0.05, 0.1) is 17.6 Å². The van der Waals surface area contributed by atoms with Crippen molar-refractivity contribution in [3.05, 3.63) is 88.7 Å². The van der Waals surface area contributed by atoms with E-state index in [1.807, 2.05) is 47.4 Å². The van der Waals surface area contributed by atoms with Gasteiger partial charge in [0.25, 0.3) is 0 Å². The number of carbonyl (C=O) groups is 1. The van der Waals surface area contributed by atoms with Gasteiger partial charge in [0.1, 0.15) is 18.2 Å². The fourth-order valence-electron chi connectivity index (χ4n) is 4.52. The minimum atomic E-state index is 0.00425. The highest BCUT2D eigenvalue weighted by molar-refractivity contribution is 6.30. The number of hydrogen-bond donors (Lipinski definition) is 0. The van der Waals surface area contributed by atoms with Crippen molar-refractivity contribution in [3.63, 3.8) is 0 Å². The smallest absolute Gasteiger partial charge is 0.227 e. The van der Waals surface area contributed by atoms with Crippen LogP contribution in [0, 0.1) is 13.8 Å². The molecule has 0 saturated carbocycles. The van der Waals surface area contributed by atoms with E-state index in [-0.39, 0.29) is 11.8 Å². The van der Waals surface area contributed by atoms with Crippen LogP contribution in [0.5, 0.6) is 5.75 Å². The predicted molar refractivity (Wildman–Crippen MR) is 132 cm³/mol. The van der Waals surface area contributed by atoms with Gasteiger partial charge < -0.3 is 14.2 Å². The molecule has 0 radical (unpaired) electrons. The summed E-state index contributed by atoms with van der Waals surface area (Å²) in [6.45, 7) is 5.89. The summed E-state index contributed by atoms with van der Waals surface area (Å²) in [6, 6.07) is 21.8. The second-order valence-electron chi connectivity index (χ2n) is 8.61. The Morgan fingerprint density at radius 2 is 1.91 bits per heavy atom. The number of imidazole rings is 1. The molecule has 2 heterocycles. The summed E-state index contributed by atoms with van der Waals surface area (Å²) in [5.41, 5.74) is 5.12. The Labute approximate surface area is 198 Å². The summed E-state index contributed by atoms with van der Waals surface area (Å²) in [4.78, 5) is 19.6. The van der Waals surface area contributed by atoms with Crippen molar-refractivity contribution < 1.29 is 9.53 Å². The van der Waals surface area contributed by atoms with Crippen LogP contribution in [0.15, 0.2) is 66.7 Å². The van der Waals surface area contributed by atoms with Crippen molar-refractivity contribution in [2.75, 3.05) is 18.1 Å². The van der Waals surface area contributed by atoms with Gasteiger partial charge >= 0.3 is 0 Å². The number of amides is 1. The molecule has 1 aliphatic rings. The first-order valence-corrected chi connectivity index (χ1v) is 11.6. The van der Waals surface area contributed by atoms with E-state index < -0.39 is 0 Å². The van der Waals surface area contributed by atoms with E-state index in [1.54, 1.807) is 0 Å². The first-order valence-electron chi connectivity index (χ1n) is 11.2. The van der Waals surface area contributed by atoms with Crippen molar-refractivity contribution >= 4 is 34.2 Å². The Kier molecular flexibility index (Phi) is 5.81. The van der Waals surface area contributed by atoms with Crippen LogP contribution in [0.1, 0.15) is 29.3 Å². The maximum absolute atomic E-state index is 12.9. The minimum absolute atomic E-state index is 0.00425. The quantitative estimate of drug-likeness (QED) is 0.360. The largest absolute Gasteiger partial charge is 0.491 e. The Morgan fingerprint density at radius 3 is 2.76 bits per heavy atom. The summed E-state index contributed by atoms with van der Waals surface area (Å²) in [5, 5.41) is 0.625. The number of hydrogen-bond acceptors (Lipinski definition) is 3. The topological polar surface area (TPSA) is 47.4 Å². The van der Waals surface area contributed by atoms with Gasteiger partial charge in [0.15, 0.2) is 0 Å². The zero-order valence-electron chi connectivity index (χ0n) is 18.8. The Morgan fingerprint density at radius 1 is 1.06 bits per heavy atom. The molecule has 5 rings (SSSR count). The van der Waals surface area contributed by atoms with Crippen molar-refractivity contribution in [1.82, 2.24) is 9.55 Å². The molecular weight excluding hydrogens is 434 g/mol. The highest BCUT2D eigenvalue weighted by atomic mass is 35.5. The highest BCUT2D eigenvalue weighted by Crippen LogP contribution is 2.34. The van der Waals surface area contributed by atoms with Gasteiger partial charge in [-0.05, 0) is 61.4 Å². The standard InChI is InChI=1S/C27H26ClN3O2/c1-18-10-11-19(2)25(14-18)33-13-12-30-24-9-4-3-8-23(24)29-27(30)20-15-26(32)31(17-20)22-7-5-6-21(28)16-22/h3-11,14,16,20H,12-13,15,17H2,1-2H3. The molecule has 1 saturated heterocycles. The lowest BCUT2D eigenvalue weighted by Gasteiger charge is -2.18. The van der Waals surface area contributed by atoms with Gasteiger partial charge in [0, 0.05) is 29.6 Å². The van der Waals surface area contributed by atoms with Gasteiger partial charge in [-0.3, -0.25) is 4.79 Å². The first kappa shape index (κ1) is 21.5. The fourth-order valence-corrected chi connectivity index (χ4v) is 4.71. The lowest BCUT2D eigenvalue weighted by atomic mass is 10.1. The molecule has 5 nitrogen and oxygen atoms in total. The molecule has 1 unspecified atom stereocenters. The maximum Gasteiger partial charge on any atom is 0.227 e. The average Bonchev–Trinajstić information content (AvgIpc) is 3.37. The number of carbonyl (C=O) groups excluding carboxylic acids is 1. The number of nitrogens with zero attached hydrogens (tertiary/aromatic N) is 3. The molecule has 0 aliphatic carbocycles. The van der Waals surface area contributed by atoms with E-state index in [0.717, 1.165) is 33.9 Å². The summed E-state index contributed by atoms with van der Waals surface area (Å²) < 4.78 is 8.35. The third kappa shape index (κ3) is 4.33. The van der Waals surface area contributed by atoms with Gasteiger partial charge in [-0.1, -0.05) is 41.9 Å². The molecule has 1 aliphatic heterocycles. The summed E-state index contributed by atoms with van der Waals surface area (Å²) in [7, 11) is 0. The van der Waals surface area contributed by atoms with Crippen LogP contribution in [-0.4, -0.2) is 28.6 Å². The van der Waals surface area contributed by atoms with Gasteiger partial charge in [0.2, 0.25) is 5.91 Å². The van der Waals surface area contributed by atoms with E-state index in [4.69, 9.17) is 21.3 Å². The Hall–Kier alpha value is -3.31. The first-order chi connectivity index (χ1) is 16.0. The normalized spacial score (nSPS) is 16.0. The molecular formula is C27H26ClN3O2. The van der Waals surface area contributed by atoms with E-state index >= 15 is 0 Å². The molecule has 1 fully saturated rings. The summed E-state index contributed by atoms with van der Waals surface area (Å²) in [6.07, 6.45) is 0.424. The number of fused-ring (bicyclic) bond motifs is 1. The number of aromatic nitrogens is 2. The third-order valence-corrected chi connectivity index (χ3v) is 6.45. The van der Waals surface area contributed by atoms with Crippen molar-refractivity contribution in [2.45, 2.75) is 32.7 Å². The van der Waals surface area contributed by atoms with Gasteiger partial charge in [-0.25, -0.2) is 4.98 Å². The number of aryl methyl sites for hydroxylation is 2. The van der Waals surface area contributed by atoms with Gasteiger partial charge in [-0.2, -0.15) is 0 Å². The fraction of sp³-hybridized carbons (Fsp3) is 0.259. The van der Waals surface area contributed by atoms with Crippen LogP contribution in [0.25, 0.3) is 11.0 Å². The summed E-state index contributed by atoms with van der Waals surface area (Å²) >= 11 is 6.16. The zero-order chi connectivity index (χ0) is 22.9. The van der Waals surface area contributed by atoms with Crippen molar-refractivity contribution in [2.24, 2.45) is 0 Å². The third-order valence-electron chi connectivity index (χ3n) is 6.21. The van der Waals surface area contributed by atoms with E-state index in [9.17, 15) is 4.79 Å². The molecule has 0 bridgehead atoms. The molecule has 6 heteroatoms. The lowest BCUT2D eigenvalue weighted by molar-refractivity contribution is -0.117. The van der Waals surface area contributed by atoms with Crippen LogP contribution in [0.2, 0.25) is 5.02 Å². The molecule has 0 spiro atoms. The van der Waals surface area contributed by atoms with Crippen molar-refractivity contribution in [1.29, 1.82) is 0 Å². The second-order valence-corrected chi connectivity index (χ2v) is 9.05.